The molecule has 0 radical (unpaired) electrons. The van der Waals surface area contributed by atoms with Crippen molar-refractivity contribution in [3.05, 3.63) is 36.0 Å². The second-order valence-corrected chi connectivity index (χ2v) is 5.00. The maximum absolute atomic E-state index is 11.9. The van der Waals surface area contributed by atoms with Gasteiger partial charge in [0, 0.05) is 11.5 Å². The van der Waals surface area contributed by atoms with Crippen molar-refractivity contribution in [2.75, 3.05) is 13.7 Å². The van der Waals surface area contributed by atoms with Crippen LogP contribution in [0.3, 0.4) is 0 Å². The van der Waals surface area contributed by atoms with Crippen molar-refractivity contribution < 1.29 is 19.1 Å². The van der Waals surface area contributed by atoms with Gasteiger partial charge in [-0.25, -0.2) is 4.79 Å². The van der Waals surface area contributed by atoms with Gasteiger partial charge in [0.25, 0.3) is 0 Å². The molecule has 0 spiro atoms. The first-order valence-electron chi connectivity index (χ1n) is 5.72. The highest BCUT2D eigenvalue weighted by Gasteiger charge is 2.61. The van der Waals surface area contributed by atoms with E-state index < -0.39 is 16.8 Å². The quantitative estimate of drug-likeness (QED) is 0.552. The Morgan fingerprint density at radius 1 is 1.56 bits per heavy atom. The van der Waals surface area contributed by atoms with Crippen molar-refractivity contribution >= 4 is 11.9 Å². The van der Waals surface area contributed by atoms with Gasteiger partial charge < -0.3 is 9.47 Å². The van der Waals surface area contributed by atoms with E-state index in [0.29, 0.717) is 0 Å². The van der Waals surface area contributed by atoms with Gasteiger partial charge in [0.2, 0.25) is 0 Å². The van der Waals surface area contributed by atoms with E-state index in [4.69, 9.17) is 4.74 Å². The molecule has 2 rings (SSSR count). The Morgan fingerprint density at radius 2 is 2.22 bits per heavy atom. The zero-order chi connectivity index (χ0) is 13.6. The third-order valence-corrected chi connectivity index (χ3v) is 4.10. The molecule has 1 heterocycles. The third-order valence-electron chi connectivity index (χ3n) is 4.10. The summed E-state index contributed by atoms with van der Waals surface area (Å²) in [5, 5.41) is 0. The zero-order valence-electron chi connectivity index (χ0n) is 10.8. The molecule has 96 valence electrons. The normalized spacial score (nSPS) is 36.1. The second-order valence-electron chi connectivity index (χ2n) is 5.00. The second kappa shape index (κ2) is 3.83. The lowest BCUT2D eigenvalue weighted by atomic mass is 9.68. The van der Waals surface area contributed by atoms with Crippen LogP contribution in [0.15, 0.2) is 36.0 Å². The number of ether oxygens (including phenoxy) is 2. The summed E-state index contributed by atoms with van der Waals surface area (Å²) in [5.74, 6) is -0.708. The van der Waals surface area contributed by atoms with Crippen molar-refractivity contribution in [1.82, 2.24) is 0 Å². The van der Waals surface area contributed by atoms with Crippen molar-refractivity contribution in [2.24, 2.45) is 10.8 Å². The van der Waals surface area contributed by atoms with Gasteiger partial charge in [-0.2, -0.15) is 0 Å². The highest BCUT2D eigenvalue weighted by atomic mass is 16.5. The minimum atomic E-state index is -0.740. The molecule has 0 N–H and O–H groups in total. The molecule has 0 unspecified atom stereocenters. The van der Waals surface area contributed by atoms with Crippen LogP contribution in [0.4, 0.5) is 0 Å². The lowest BCUT2D eigenvalue weighted by molar-refractivity contribution is -0.143. The fourth-order valence-electron chi connectivity index (χ4n) is 2.61. The van der Waals surface area contributed by atoms with Gasteiger partial charge in [0.05, 0.1) is 12.5 Å². The summed E-state index contributed by atoms with van der Waals surface area (Å²) < 4.78 is 9.81. The van der Waals surface area contributed by atoms with E-state index in [1.165, 1.54) is 13.2 Å². The molecule has 4 heteroatoms. The van der Waals surface area contributed by atoms with Gasteiger partial charge in [-0.3, -0.25) is 4.79 Å². The van der Waals surface area contributed by atoms with Crippen molar-refractivity contribution in [1.29, 1.82) is 0 Å². The number of carbonyl (C=O) groups is 2. The molecule has 0 aromatic rings. The van der Waals surface area contributed by atoms with Crippen LogP contribution in [0, 0.1) is 10.8 Å². The SMILES string of the molecule is C=CC1=C[C@@]2(C)C(=O)OC[C@@]2(C)/C1=C/C(=O)OC. The minimum Gasteiger partial charge on any atom is -0.466 e. The monoisotopic (exact) mass is 248 g/mol. The molecule has 18 heavy (non-hydrogen) atoms. The first-order valence-corrected chi connectivity index (χ1v) is 5.72. The van der Waals surface area contributed by atoms with Crippen LogP contribution in [0.25, 0.3) is 0 Å². The topological polar surface area (TPSA) is 52.6 Å². The number of hydrogen-bond acceptors (Lipinski definition) is 4. The summed E-state index contributed by atoms with van der Waals surface area (Å²) >= 11 is 0. The van der Waals surface area contributed by atoms with Gasteiger partial charge >= 0.3 is 11.9 Å². The van der Waals surface area contributed by atoms with Gasteiger partial charge in [-0.1, -0.05) is 25.7 Å². The number of allylic oxidation sites excluding steroid dienone is 2. The third kappa shape index (κ3) is 1.38. The highest BCUT2D eigenvalue weighted by Crippen LogP contribution is 2.58. The maximum Gasteiger partial charge on any atom is 0.330 e. The molecule has 0 saturated carbocycles. The summed E-state index contributed by atoms with van der Waals surface area (Å²) in [7, 11) is 1.32. The fourth-order valence-corrected chi connectivity index (χ4v) is 2.61. The number of methoxy groups -OCH3 is 1. The Labute approximate surface area is 106 Å². The lowest BCUT2D eigenvalue weighted by Gasteiger charge is -2.29. The van der Waals surface area contributed by atoms with E-state index in [0.717, 1.165) is 11.1 Å². The van der Waals surface area contributed by atoms with Crippen LogP contribution >= 0.6 is 0 Å². The van der Waals surface area contributed by atoms with E-state index in [-0.39, 0.29) is 12.6 Å². The average molecular weight is 248 g/mol. The van der Waals surface area contributed by atoms with E-state index in [9.17, 15) is 9.59 Å². The molecule has 4 nitrogen and oxygen atoms in total. The first kappa shape index (κ1) is 12.6. The van der Waals surface area contributed by atoms with Gasteiger partial charge in [0.15, 0.2) is 0 Å². The molecule has 2 aliphatic rings. The van der Waals surface area contributed by atoms with Crippen LogP contribution in [0.2, 0.25) is 0 Å². The molecule has 1 aliphatic carbocycles. The Bertz CT molecular complexity index is 500. The van der Waals surface area contributed by atoms with Crippen LogP contribution in [-0.4, -0.2) is 25.7 Å². The van der Waals surface area contributed by atoms with Crippen LogP contribution in [-0.2, 0) is 19.1 Å². The van der Waals surface area contributed by atoms with Crippen LogP contribution in [0.1, 0.15) is 13.8 Å². The molecule has 1 saturated heterocycles. The number of fused-ring (bicyclic) bond motifs is 1. The minimum absolute atomic E-state index is 0.263. The molecule has 1 aliphatic heterocycles. The first-order chi connectivity index (χ1) is 8.39. The smallest absolute Gasteiger partial charge is 0.330 e. The van der Waals surface area contributed by atoms with E-state index in [1.54, 1.807) is 6.08 Å². The van der Waals surface area contributed by atoms with E-state index in [2.05, 4.69) is 11.3 Å². The predicted molar refractivity (Wildman–Crippen MR) is 65.6 cm³/mol. The van der Waals surface area contributed by atoms with Gasteiger partial charge in [-0.05, 0) is 18.1 Å². The largest absolute Gasteiger partial charge is 0.466 e. The Balaban J connectivity index is 2.58. The van der Waals surface area contributed by atoms with Crippen LogP contribution in [0.5, 0.6) is 0 Å². The molecule has 1 fully saturated rings. The predicted octanol–water partition coefficient (Wildman–Crippen LogP) is 1.78. The molecule has 0 aromatic heterocycles. The summed E-state index contributed by atoms with van der Waals surface area (Å²) in [6.07, 6.45) is 4.89. The van der Waals surface area contributed by atoms with Crippen molar-refractivity contribution in [2.45, 2.75) is 13.8 Å². The number of hydrogen-bond donors (Lipinski definition) is 0. The van der Waals surface area contributed by atoms with Crippen molar-refractivity contribution in [3.63, 3.8) is 0 Å². The molecular formula is C14H16O4. The molecule has 0 aromatic carbocycles. The van der Waals surface area contributed by atoms with Crippen molar-refractivity contribution in [3.8, 4) is 0 Å². The Kier molecular flexibility index (Phi) is 2.69. The van der Waals surface area contributed by atoms with Gasteiger partial charge in [-0.15, -0.1) is 0 Å². The Hall–Kier alpha value is -1.84. The maximum atomic E-state index is 11.9. The van der Waals surface area contributed by atoms with E-state index in [1.807, 2.05) is 19.9 Å². The fraction of sp³-hybridized carbons (Fsp3) is 0.429. The lowest BCUT2D eigenvalue weighted by Crippen LogP contribution is -2.34. The number of carbonyl (C=O) groups excluding carboxylic acids is 2. The van der Waals surface area contributed by atoms with E-state index >= 15 is 0 Å². The molecule has 2 atom stereocenters. The Morgan fingerprint density at radius 3 is 2.78 bits per heavy atom. The summed E-state index contributed by atoms with van der Waals surface area (Å²) in [6, 6.07) is 0. The molecular weight excluding hydrogens is 232 g/mol. The highest BCUT2D eigenvalue weighted by molar-refractivity contribution is 5.90. The standard InChI is InChI=1S/C14H16O4/c1-5-9-7-13(2)12(16)18-8-14(13,3)10(9)6-11(15)17-4/h5-7H,1,8H2,2-4H3/b10-6+/t13-,14-/m0/s1. The summed E-state index contributed by atoms with van der Waals surface area (Å²) in [6.45, 7) is 7.73. The summed E-state index contributed by atoms with van der Waals surface area (Å²) in [5.41, 5.74) is 0.262. The number of rotatable bonds is 2. The van der Waals surface area contributed by atoms with Crippen LogP contribution < -0.4 is 0 Å². The molecule has 0 amide bonds. The number of esters is 2. The zero-order valence-corrected chi connectivity index (χ0v) is 10.8. The average Bonchev–Trinajstić information content (AvgIpc) is 2.70. The van der Waals surface area contributed by atoms with Gasteiger partial charge in [0.1, 0.15) is 6.61 Å². The number of cyclic esters (lactones) is 1. The molecule has 0 bridgehead atoms. The summed E-state index contributed by atoms with van der Waals surface area (Å²) in [4.78, 5) is 23.4.